The standard InChI is InChI=1S/C35H53F2N5O.C20H25F2N5.C15H29ClO/c1-3-4-5-6-7-8-9-10-11-12-13-14-15-34(43)41-21-17-29(18-22-41)30-25-32(39-31-24-28(2)16-20-38-31)40-33(26-30)42-23-19-35(36,37)27-42;1-14-2-8-24-17(10-14)25-18-11-16(15-3-6-23-7-4-15)12-19(26-18)27-9-5-20(21,22)13-27;1-2-3-4-5-6-7-8-9-10-11-12-13-14-15(16)17/h16,20,24-26,29H,3-15,17-19,21-23,27H2,1-2H3,(H,38,39,40);2,8,10-12,15,23H,3-7,9,13H2,1H3,(H,24,25,26);2-14H2,1H3. The van der Waals surface area contributed by atoms with E-state index in [1.54, 1.807) is 22.2 Å². The van der Waals surface area contributed by atoms with Gasteiger partial charge in [-0.15, -0.1) is 0 Å². The second kappa shape index (κ2) is 39.1. The van der Waals surface area contributed by atoms with Crippen molar-refractivity contribution in [1.29, 1.82) is 0 Å². The minimum Gasteiger partial charge on any atom is -0.350 e. The maximum atomic E-state index is 14.1. The summed E-state index contributed by atoms with van der Waals surface area (Å²) >= 11 is 5.27. The third kappa shape index (κ3) is 27.7. The number of pyridine rings is 4. The third-order valence-electron chi connectivity index (χ3n) is 17.6. The lowest BCUT2D eigenvalue weighted by Gasteiger charge is -2.33. The number of alkyl halides is 4. The number of nitrogens with zero attached hydrogens (tertiary/aromatic N) is 7. The molecule has 3 N–H and O–H groups in total. The molecule has 4 saturated heterocycles. The number of amides is 1. The van der Waals surface area contributed by atoms with Crippen LogP contribution in [-0.2, 0) is 9.59 Å². The molecule has 4 aromatic rings. The lowest BCUT2D eigenvalue weighted by molar-refractivity contribution is -0.132. The summed E-state index contributed by atoms with van der Waals surface area (Å²) in [6.45, 7) is 12.0. The van der Waals surface area contributed by atoms with E-state index in [2.05, 4.69) is 44.7 Å². The summed E-state index contributed by atoms with van der Waals surface area (Å²) in [5.74, 6) is -0.514. The number of hydrogen-bond donors (Lipinski definition) is 3. The van der Waals surface area contributed by atoms with E-state index in [0.29, 0.717) is 60.2 Å². The van der Waals surface area contributed by atoms with Gasteiger partial charge in [0, 0.05) is 64.3 Å². The van der Waals surface area contributed by atoms with Gasteiger partial charge in [-0.05, 0) is 160 Å². The van der Waals surface area contributed by atoms with Crippen LogP contribution in [0.25, 0.3) is 0 Å². The molecule has 4 fully saturated rings. The van der Waals surface area contributed by atoms with Crippen molar-refractivity contribution < 1.29 is 27.2 Å². The molecule has 0 unspecified atom stereocenters. The molecule has 1 amide bonds. The summed E-state index contributed by atoms with van der Waals surface area (Å²) in [6, 6.07) is 15.8. The quantitative estimate of drug-likeness (QED) is 0.0235. The average Bonchev–Trinajstić information content (AvgIpc) is 3.79. The first-order valence-corrected chi connectivity index (χ1v) is 34.3. The third-order valence-corrected chi connectivity index (χ3v) is 17.8. The van der Waals surface area contributed by atoms with Gasteiger partial charge in [0.25, 0.3) is 11.8 Å². The maximum Gasteiger partial charge on any atom is 0.266 e. The topological polar surface area (TPSA) is 132 Å². The molecule has 4 aliphatic heterocycles. The van der Waals surface area contributed by atoms with Crippen molar-refractivity contribution in [3.63, 3.8) is 0 Å². The van der Waals surface area contributed by atoms with Gasteiger partial charge in [-0.1, -0.05) is 155 Å². The zero-order valence-electron chi connectivity index (χ0n) is 53.5. The van der Waals surface area contributed by atoms with Crippen LogP contribution in [0.3, 0.4) is 0 Å². The Kier molecular flexibility index (Phi) is 31.9. The molecule has 87 heavy (non-hydrogen) atoms. The molecule has 484 valence electrons. The van der Waals surface area contributed by atoms with Crippen LogP contribution in [0.4, 0.5) is 52.5 Å². The first-order valence-electron chi connectivity index (χ1n) is 33.9. The number of hydrogen-bond acceptors (Lipinski definition) is 11. The second-order valence-corrected chi connectivity index (χ2v) is 25.8. The van der Waals surface area contributed by atoms with Crippen LogP contribution in [-0.4, -0.2) is 100 Å². The normalized spacial score (nSPS) is 16.7. The summed E-state index contributed by atoms with van der Waals surface area (Å²) in [6.07, 6.45) is 39.6. The SMILES string of the molecule is CCCCCCCCCCCCCCC(=O)Cl.CCCCCCCCCCCCCCC(=O)N1CCC(c2cc(Nc3cc(C)ccn3)nc(N3CCC(F)(F)C3)c2)CC1.Cc1ccnc(Nc2cc(C3CCNCC3)cc(N3CCC(F)(F)C3)n2)c1. The molecular formula is C70H107ClF4N10O2. The Morgan fingerprint density at radius 1 is 0.517 bits per heavy atom. The average molecular weight is 1230 g/mol. The Morgan fingerprint density at radius 3 is 1.26 bits per heavy atom. The molecule has 0 radical (unpaired) electrons. The van der Waals surface area contributed by atoms with Crippen LogP contribution >= 0.6 is 11.6 Å². The number of aryl methyl sites for hydroxylation is 2. The lowest BCUT2D eigenvalue weighted by Crippen LogP contribution is -2.37. The Balaban J connectivity index is 0.000000233. The highest BCUT2D eigenvalue weighted by atomic mass is 35.5. The van der Waals surface area contributed by atoms with Gasteiger partial charge in [-0.3, -0.25) is 9.59 Å². The van der Waals surface area contributed by atoms with E-state index < -0.39 is 11.8 Å². The Labute approximate surface area is 525 Å². The first kappa shape index (κ1) is 71.0. The number of unbranched alkanes of at least 4 members (excludes halogenated alkanes) is 22. The van der Waals surface area contributed by atoms with Crippen LogP contribution in [0.1, 0.15) is 253 Å². The predicted molar refractivity (Wildman–Crippen MR) is 352 cm³/mol. The molecule has 0 aromatic carbocycles. The maximum absolute atomic E-state index is 14.1. The summed E-state index contributed by atoms with van der Waals surface area (Å²) in [7, 11) is 0. The Hall–Kier alpha value is -5.09. The summed E-state index contributed by atoms with van der Waals surface area (Å²) in [5, 5.41) is 9.74. The smallest absolute Gasteiger partial charge is 0.266 e. The van der Waals surface area contributed by atoms with Gasteiger partial charge in [0.2, 0.25) is 11.1 Å². The van der Waals surface area contributed by atoms with Gasteiger partial charge < -0.3 is 30.7 Å². The fraction of sp³-hybridized carbons (Fsp3) is 0.686. The molecule has 12 nitrogen and oxygen atoms in total. The zero-order valence-corrected chi connectivity index (χ0v) is 54.3. The molecule has 0 atom stereocenters. The number of likely N-dealkylation sites (tertiary alicyclic amines) is 1. The second-order valence-electron chi connectivity index (χ2n) is 25.3. The van der Waals surface area contributed by atoms with E-state index in [0.717, 1.165) is 99.8 Å². The number of piperidine rings is 2. The van der Waals surface area contributed by atoms with Crippen molar-refractivity contribution in [3.05, 3.63) is 83.2 Å². The van der Waals surface area contributed by atoms with Crippen molar-refractivity contribution in [2.75, 3.05) is 72.8 Å². The molecule has 8 heterocycles. The van der Waals surface area contributed by atoms with E-state index in [9.17, 15) is 27.2 Å². The van der Waals surface area contributed by atoms with Crippen molar-refractivity contribution in [1.82, 2.24) is 30.2 Å². The van der Waals surface area contributed by atoms with Gasteiger partial charge in [0.15, 0.2) is 0 Å². The minimum atomic E-state index is -2.69. The van der Waals surface area contributed by atoms with Crippen LogP contribution in [0, 0.1) is 13.8 Å². The van der Waals surface area contributed by atoms with E-state index in [4.69, 9.17) is 16.6 Å². The number of aromatic nitrogens is 4. The van der Waals surface area contributed by atoms with Crippen LogP contribution < -0.4 is 25.8 Å². The minimum absolute atomic E-state index is 0.117. The fourth-order valence-corrected chi connectivity index (χ4v) is 12.5. The number of carbonyl (C=O) groups excluding carboxylic acids is 2. The Morgan fingerprint density at radius 2 is 0.897 bits per heavy atom. The van der Waals surface area contributed by atoms with E-state index >= 15 is 0 Å². The highest BCUT2D eigenvalue weighted by molar-refractivity contribution is 6.63. The molecule has 4 aliphatic rings. The molecular weight excluding hydrogens is 1120 g/mol. The summed E-state index contributed by atoms with van der Waals surface area (Å²) in [4.78, 5) is 46.9. The van der Waals surface area contributed by atoms with Crippen LogP contribution in [0.5, 0.6) is 0 Å². The van der Waals surface area contributed by atoms with Crippen LogP contribution in [0.15, 0.2) is 60.9 Å². The number of halogens is 5. The molecule has 8 rings (SSSR count). The molecule has 17 heteroatoms. The van der Waals surface area contributed by atoms with Crippen molar-refractivity contribution in [2.45, 2.75) is 257 Å². The van der Waals surface area contributed by atoms with Crippen molar-refractivity contribution in [2.24, 2.45) is 0 Å². The van der Waals surface area contributed by atoms with E-state index in [1.165, 1.54) is 128 Å². The molecule has 0 aliphatic carbocycles. The van der Waals surface area contributed by atoms with Gasteiger partial charge >= 0.3 is 0 Å². The predicted octanol–water partition coefficient (Wildman–Crippen LogP) is 18.9. The first-order chi connectivity index (χ1) is 42.1. The van der Waals surface area contributed by atoms with Crippen molar-refractivity contribution in [3.8, 4) is 0 Å². The highest BCUT2D eigenvalue weighted by Gasteiger charge is 2.40. The number of anilines is 6. The monoisotopic (exact) mass is 1230 g/mol. The Bertz CT molecular complexity index is 2600. The zero-order chi connectivity index (χ0) is 62.1. The number of nitrogens with one attached hydrogen (secondary N) is 3. The van der Waals surface area contributed by atoms with Crippen molar-refractivity contribution >= 4 is 57.7 Å². The van der Waals surface area contributed by atoms with E-state index in [1.807, 2.05) is 67.3 Å². The molecule has 0 saturated carbocycles. The van der Waals surface area contributed by atoms with Crippen LogP contribution in [0.2, 0.25) is 0 Å². The van der Waals surface area contributed by atoms with Gasteiger partial charge in [-0.25, -0.2) is 37.5 Å². The largest absolute Gasteiger partial charge is 0.350 e. The lowest BCUT2D eigenvalue weighted by atomic mass is 9.89. The van der Waals surface area contributed by atoms with Gasteiger partial charge in [0.1, 0.15) is 34.9 Å². The summed E-state index contributed by atoms with van der Waals surface area (Å²) < 4.78 is 55.6. The fourth-order valence-electron chi connectivity index (χ4n) is 12.3. The number of carbonyl (C=O) groups is 2. The van der Waals surface area contributed by atoms with Gasteiger partial charge in [-0.2, -0.15) is 0 Å². The molecule has 0 spiro atoms. The van der Waals surface area contributed by atoms with Gasteiger partial charge in [0.05, 0.1) is 13.1 Å². The highest BCUT2D eigenvalue weighted by Crippen LogP contribution is 2.38. The summed E-state index contributed by atoms with van der Waals surface area (Å²) in [5.41, 5.74) is 4.42. The molecule has 0 bridgehead atoms. The molecule has 4 aromatic heterocycles. The number of rotatable bonds is 34. The van der Waals surface area contributed by atoms with E-state index in [-0.39, 0.29) is 49.5 Å².